The lowest BCUT2D eigenvalue weighted by Gasteiger charge is -2.36. The summed E-state index contributed by atoms with van der Waals surface area (Å²) in [5.74, 6) is 1.46. The van der Waals surface area contributed by atoms with Crippen LogP contribution in [0.2, 0.25) is 0 Å². The smallest absolute Gasteiger partial charge is 0.320 e. The maximum atomic E-state index is 13.4. The summed E-state index contributed by atoms with van der Waals surface area (Å²) in [4.78, 5) is 37.1. The van der Waals surface area contributed by atoms with E-state index in [9.17, 15) is 9.59 Å². The number of hydrogen-bond acceptors (Lipinski definition) is 9. The second kappa shape index (κ2) is 12.9. The first kappa shape index (κ1) is 32.3. The number of nitrogens with zero attached hydrogens (tertiary/aromatic N) is 6. The van der Waals surface area contributed by atoms with Gasteiger partial charge in [-0.1, -0.05) is 45.0 Å². The normalized spacial score (nSPS) is 18.7. The van der Waals surface area contributed by atoms with Crippen LogP contribution in [0.3, 0.4) is 0 Å². The van der Waals surface area contributed by atoms with E-state index in [1.165, 1.54) is 0 Å². The number of ether oxygens (including phenoxy) is 2. The first-order chi connectivity index (χ1) is 22.4. The Labute approximate surface area is 274 Å². The third-order valence-corrected chi connectivity index (χ3v) is 8.56. The molecule has 2 atom stereocenters. The molecular weight excluding hydrogens is 598 g/mol. The molecule has 0 radical (unpaired) electrons. The number of benzene rings is 1. The summed E-state index contributed by atoms with van der Waals surface area (Å²) in [6, 6.07) is 12.9. The van der Waals surface area contributed by atoms with Crippen LogP contribution in [0.1, 0.15) is 85.9 Å². The number of anilines is 1. The molecule has 3 aromatic heterocycles. The van der Waals surface area contributed by atoms with E-state index in [0.717, 1.165) is 22.6 Å². The highest BCUT2D eigenvalue weighted by molar-refractivity contribution is 5.92. The molecule has 0 unspecified atom stereocenters. The van der Waals surface area contributed by atoms with Crippen LogP contribution >= 0.6 is 0 Å². The summed E-state index contributed by atoms with van der Waals surface area (Å²) in [5.41, 5.74) is 2.88. The average Bonchev–Trinajstić information content (AvgIpc) is 3.44. The van der Waals surface area contributed by atoms with Gasteiger partial charge in [-0.3, -0.25) is 14.5 Å². The van der Waals surface area contributed by atoms with Crippen molar-refractivity contribution in [2.24, 2.45) is 0 Å². The first-order valence-electron chi connectivity index (χ1n) is 16.0. The molecule has 1 aromatic carbocycles. The van der Waals surface area contributed by atoms with Crippen molar-refractivity contribution < 1.29 is 19.1 Å². The summed E-state index contributed by atoms with van der Waals surface area (Å²) in [6.07, 6.45) is 3.11. The fourth-order valence-electron chi connectivity index (χ4n) is 5.86. The van der Waals surface area contributed by atoms with Gasteiger partial charge in [0, 0.05) is 24.6 Å². The topological polar surface area (TPSA) is 148 Å². The van der Waals surface area contributed by atoms with Crippen LogP contribution in [0.4, 0.5) is 10.6 Å². The fraction of sp³-hybridized carbons (Fsp3) is 0.471. The molecule has 6 rings (SSSR count). The summed E-state index contributed by atoms with van der Waals surface area (Å²) in [5, 5.41) is 17.6. The van der Waals surface area contributed by atoms with Crippen LogP contribution in [0.25, 0.3) is 5.65 Å². The van der Waals surface area contributed by atoms with Crippen LogP contribution in [-0.4, -0.2) is 81.8 Å². The van der Waals surface area contributed by atoms with Gasteiger partial charge in [-0.2, -0.15) is 0 Å². The van der Waals surface area contributed by atoms with E-state index in [-0.39, 0.29) is 40.5 Å². The van der Waals surface area contributed by atoms with Gasteiger partial charge in [-0.15, -0.1) is 10.2 Å². The van der Waals surface area contributed by atoms with Crippen molar-refractivity contribution in [1.82, 2.24) is 40.1 Å². The standard InChI is InChI=1S/C34H43N9O4/c1-33(2,3)26-17-27(38-29(37-26)30(44)35-15-16-42(5)6)39-32(45)36-24-12-13-25(23-10-8-7-9-22(23)24)47-21-11-14-28-40-41-31(43(28)18-21)34(4)19-46-20-34/h7-11,14,17-18,24-25H,12-13,15-16,19-20H2,1-6H3,(H,35,44)(H2,36,37,38,39,45)/t24-,25+/m0/s1. The molecule has 1 aliphatic carbocycles. The number of hydrogen-bond donors (Lipinski definition) is 3. The van der Waals surface area contributed by atoms with Gasteiger partial charge >= 0.3 is 6.03 Å². The molecular formula is C34H43N9O4. The maximum absolute atomic E-state index is 13.4. The SMILES string of the molecule is CN(C)CCNC(=O)c1nc(NC(=O)N[C@H]2CC[C@@H](Oc3ccc4nnc(C5(C)COC5)n4c3)c3ccccc32)cc(C(C)(C)C)n1. The van der Waals surface area contributed by atoms with E-state index in [4.69, 9.17) is 9.47 Å². The molecule has 4 heterocycles. The molecule has 248 valence electrons. The Hall–Kier alpha value is -4.62. The van der Waals surface area contributed by atoms with Gasteiger partial charge in [0.25, 0.3) is 5.91 Å². The lowest BCUT2D eigenvalue weighted by atomic mass is 9.85. The number of likely N-dealkylation sites (N-methyl/N-ethyl adjacent to an activating group) is 1. The summed E-state index contributed by atoms with van der Waals surface area (Å²) < 4.78 is 14.0. The highest BCUT2D eigenvalue weighted by Crippen LogP contribution is 2.39. The Morgan fingerprint density at radius 3 is 2.53 bits per heavy atom. The van der Waals surface area contributed by atoms with Crippen molar-refractivity contribution in [2.75, 3.05) is 45.7 Å². The van der Waals surface area contributed by atoms with Crippen molar-refractivity contribution in [2.45, 2.75) is 63.5 Å². The Morgan fingerprint density at radius 2 is 1.83 bits per heavy atom. The molecule has 13 nitrogen and oxygen atoms in total. The second-order valence-electron chi connectivity index (χ2n) is 13.9. The zero-order valence-corrected chi connectivity index (χ0v) is 27.8. The molecule has 13 heteroatoms. The van der Waals surface area contributed by atoms with Gasteiger partial charge in [-0.05, 0) is 57.1 Å². The van der Waals surface area contributed by atoms with Gasteiger partial charge in [0.05, 0.1) is 36.6 Å². The quantitative estimate of drug-likeness (QED) is 0.245. The molecule has 4 aromatic rings. The zero-order chi connectivity index (χ0) is 33.3. The molecule has 0 spiro atoms. The largest absolute Gasteiger partial charge is 0.484 e. The van der Waals surface area contributed by atoms with Gasteiger partial charge in [0.1, 0.15) is 23.5 Å². The highest BCUT2D eigenvalue weighted by atomic mass is 16.5. The fourth-order valence-corrected chi connectivity index (χ4v) is 5.86. The van der Waals surface area contributed by atoms with Gasteiger partial charge < -0.3 is 25.0 Å². The van der Waals surface area contributed by atoms with Gasteiger partial charge in [0.15, 0.2) is 5.65 Å². The molecule has 3 amide bonds. The molecule has 1 aliphatic heterocycles. The van der Waals surface area contributed by atoms with Crippen LogP contribution in [0.5, 0.6) is 5.75 Å². The van der Waals surface area contributed by atoms with Gasteiger partial charge in [0.2, 0.25) is 5.82 Å². The van der Waals surface area contributed by atoms with Crippen molar-refractivity contribution >= 4 is 23.4 Å². The Kier molecular flexibility index (Phi) is 8.86. The number of carbonyl (C=O) groups excluding carboxylic acids is 2. The minimum atomic E-state index is -0.416. The lowest BCUT2D eigenvalue weighted by Crippen LogP contribution is -2.45. The zero-order valence-electron chi connectivity index (χ0n) is 27.8. The van der Waals surface area contributed by atoms with Crippen molar-refractivity contribution in [1.29, 1.82) is 0 Å². The van der Waals surface area contributed by atoms with Crippen LogP contribution in [0.15, 0.2) is 48.7 Å². The molecule has 1 fully saturated rings. The summed E-state index contributed by atoms with van der Waals surface area (Å²) >= 11 is 0. The minimum absolute atomic E-state index is 0.0152. The number of rotatable bonds is 9. The number of nitrogens with one attached hydrogen (secondary N) is 3. The molecule has 47 heavy (non-hydrogen) atoms. The monoisotopic (exact) mass is 641 g/mol. The van der Waals surface area contributed by atoms with E-state index < -0.39 is 6.03 Å². The average molecular weight is 642 g/mol. The molecule has 3 N–H and O–H groups in total. The van der Waals surface area contributed by atoms with Crippen LogP contribution < -0.4 is 20.7 Å². The number of urea groups is 1. The number of pyridine rings is 1. The second-order valence-corrected chi connectivity index (χ2v) is 13.9. The third-order valence-electron chi connectivity index (χ3n) is 8.56. The van der Waals surface area contributed by atoms with Gasteiger partial charge in [-0.25, -0.2) is 14.8 Å². The summed E-state index contributed by atoms with van der Waals surface area (Å²) in [6.45, 7) is 10.5. The van der Waals surface area contributed by atoms with E-state index in [1.807, 2.05) is 86.8 Å². The Balaban J connectivity index is 1.16. The molecule has 2 aliphatic rings. The number of aromatic nitrogens is 5. The highest BCUT2D eigenvalue weighted by Gasteiger charge is 2.40. The van der Waals surface area contributed by atoms with E-state index in [1.54, 1.807) is 6.07 Å². The molecule has 0 saturated carbocycles. The van der Waals surface area contributed by atoms with E-state index >= 15 is 0 Å². The summed E-state index contributed by atoms with van der Waals surface area (Å²) in [7, 11) is 3.87. The third kappa shape index (κ3) is 7.05. The van der Waals surface area contributed by atoms with E-state index in [0.29, 0.717) is 50.6 Å². The number of amides is 3. The number of carbonyl (C=O) groups is 2. The maximum Gasteiger partial charge on any atom is 0.320 e. The predicted molar refractivity (Wildman–Crippen MR) is 177 cm³/mol. The Bertz CT molecular complexity index is 1780. The van der Waals surface area contributed by atoms with Crippen molar-refractivity contribution in [3.8, 4) is 5.75 Å². The minimum Gasteiger partial charge on any atom is -0.484 e. The molecule has 1 saturated heterocycles. The lowest BCUT2D eigenvalue weighted by molar-refractivity contribution is -0.0548. The number of fused-ring (bicyclic) bond motifs is 2. The van der Waals surface area contributed by atoms with E-state index in [2.05, 4.69) is 43.0 Å². The van der Waals surface area contributed by atoms with Crippen LogP contribution in [-0.2, 0) is 15.6 Å². The molecule has 0 bridgehead atoms. The predicted octanol–water partition coefficient (Wildman–Crippen LogP) is 4.17. The van der Waals surface area contributed by atoms with Crippen molar-refractivity contribution in [3.05, 3.63) is 77.1 Å². The van der Waals surface area contributed by atoms with Crippen molar-refractivity contribution in [3.63, 3.8) is 0 Å². The first-order valence-corrected chi connectivity index (χ1v) is 16.0. The van der Waals surface area contributed by atoms with Crippen LogP contribution in [0, 0.1) is 0 Å². The Morgan fingerprint density at radius 1 is 1.06 bits per heavy atom.